The van der Waals surface area contributed by atoms with Crippen molar-refractivity contribution in [1.82, 2.24) is 4.90 Å². The fourth-order valence-corrected chi connectivity index (χ4v) is 3.15. The van der Waals surface area contributed by atoms with E-state index in [1.807, 2.05) is 31.9 Å². The van der Waals surface area contributed by atoms with Gasteiger partial charge in [-0.1, -0.05) is 18.2 Å². The maximum Gasteiger partial charge on any atom is 0.177 e. The third kappa shape index (κ3) is 3.52. The first-order chi connectivity index (χ1) is 9.47. The van der Waals surface area contributed by atoms with Crippen molar-refractivity contribution in [3.05, 3.63) is 57.0 Å². The second kappa shape index (κ2) is 6.29. The Morgan fingerprint density at radius 2 is 2.00 bits per heavy atom. The summed E-state index contributed by atoms with van der Waals surface area (Å²) in [4.78, 5) is 16.3. The van der Waals surface area contributed by atoms with Gasteiger partial charge in [0.2, 0.25) is 0 Å². The Morgan fingerprint density at radius 1 is 1.30 bits per heavy atom. The summed E-state index contributed by atoms with van der Waals surface area (Å²) < 4.78 is 13.6. The van der Waals surface area contributed by atoms with Crippen LogP contribution in [0, 0.1) is 19.7 Å². The summed E-state index contributed by atoms with van der Waals surface area (Å²) in [6, 6.07) is 8.59. The number of Topliss-reactive ketones (excluding diaryl/α,β-unsaturated/α-hetero) is 1. The molecule has 2 rings (SSSR count). The van der Waals surface area contributed by atoms with Gasteiger partial charge in [0.05, 0.1) is 6.54 Å². The van der Waals surface area contributed by atoms with Gasteiger partial charge in [-0.05, 0) is 33.0 Å². The number of halogens is 1. The van der Waals surface area contributed by atoms with Crippen LogP contribution in [0.15, 0.2) is 30.3 Å². The van der Waals surface area contributed by atoms with Crippen molar-refractivity contribution in [3.8, 4) is 0 Å². The maximum atomic E-state index is 13.6. The number of ketones is 1. The highest BCUT2D eigenvalue weighted by Crippen LogP contribution is 2.21. The summed E-state index contributed by atoms with van der Waals surface area (Å²) in [5.74, 6) is -0.139. The van der Waals surface area contributed by atoms with E-state index in [4.69, 9.17) is 0 Å². The Hall–Kier alpha value is -1.52. The van der Waals surface area contributed by atoms with Gasteiger partial charge in [0, 0.05) is 27.4 Å². The molecule has 0 saturated carbocycles. The predicted molar refractivity (Wildman–Crippen MR) is 80.9 cm³/mol. The van der Waals surface area contributed by atoms with E-state index in [1.165, 1.54) is 6.07 Å². The molecule has 20 heavy (non-hydrogen) atoms. The molecule has 0 bridgehead atoms. The van der Waals surface area contributed by atoms with Gasteiger partial charge < -0.3 is 0 Å². The van der Waals surface area contributed by atoms with E-state index in [2.05, 4.69) is 0 Å². The molecule has 0 atom stereocenters. The highest BCUT2D eigenvalue weighted by atomic mass is 32.1. The molecular formula is C16H18FNOS. The molecule has 0 aliphatic rings. The zero-order chi connectivity index (χ0) is 14.7. The highest BCUT2D eigenvalue weighted by molar-refractivity contribution is 7.12. The van der Waals surface area contributed by atoms with Crippen LogP contribution in [0.1, 0.15) is 25.7 Å². The summed E-state index contributed by atoms with van der Waals surface area (Å²) in [6.07, 6.45) is 0. The standard InChI is InChI=1S/C16H18FNOS/c1-11-8-14(12(2)20-11)16(19)10-18(3)9-13-6-4-5-7-15(13)17/h4-8H,9-10H2,1-3H3. The minimum Gasteiger partial charge on any atom is -0.294 e. The summed E-state index contributed by atoms with van der Waals surface area (Å²) >= 11 is 1.63. The number of likely N-dealkylation sites (N-methyl/N-ethyl adjacent to an activating group) is 1. The van der Waals surface area contributed by atoms with Gasteiger partial charge in [-0.2, -0.15) is 0 Å². The summed E-state index contributed by atoms with van der Waals surface area (Å²) in [7, 11) is 1.83. The van der Waals surface area contributed by atoms with E-state index < -0.39 is 0 Å². The lowest BCUT2D eigenvalue weighted by Gasteiger charge is -2.16. The van der Waals surface area contributed by atoms with Crippen molar-refractivity contribution < 1.29 is 9.18 Å². The second-order valence-corrected chi connectivity index (χ2v) is 6.47. The van der Waals surface area contributed by atoms with Crippen molar-refractivity contribution in [2.75, 3.05) is 13.6 Å². The van der Waals surface area contributed by atoms with E-state index in [-0.39, 0.29) is 11.6 Å². The number of benzene rings is 1. The van der Waals surface area contributed by atoms with Crippen LogP contribution in [0.25, 0.3) is 0 Å². The van der Waals surface area contributed by atoms with Gasteiger partial charge in [0.1, 0.15) is 5.82 Å². The van der Waals surface area contributed by atoms with Gasteiger partial charge in [0.15, 0.2) is 5.78 Å². The molecule has 1 heterocycles. The first-order valence-electron chi connectivity index (χ1n) is 6.49. The lowest BCUT2D eigenvalue weighted by Crippen LogP contribution is -2.26. The topological polar surface area (TPSA) is 20.3 Å². The summed E-state index contributed by atoms with van der Waals surface area (Å²) in [5.41, 5.74) is 1.40. The Bertz CT molecular complexity index is 621. The molecule has 1 aromatic carbocycles. The van der Waals surface area contributed by atoms with Crippen LogP contribution >= 0.6 is 11.3 Å². The molecule has 106 valence electrons. The van der Waals surface area contributed by atoms with Crippen LogP contribution in [-0.4, -0.2) is 24.3 Å². The van der Waals surface area contributed by atoms with Crippen LogP contribution in [0.4, 0.5) is 4.39 Å². The van der Waals surface area contributed by atoms with Crippen molar-refractivity contribution in [1.29, 1.82) is 0 Å². The van der Waals surface area contributed by atoms with E-state index in [0.717, 1.165) is 15.3 Å². The quantitative estimate of drug-likeness (QED) is 0.781. The molecule has 2 aromatic rings. The van der Waals surface area contributed by atoms with Gasteiger partial charge in [-0.3, -0.25) is 9.69 Å². The molecule has 0 radical (unpaired) electrons. The Kier molecular flexibility index (Phi) is 4.68. The Morgan fingerprint density at radius 3 is 2.60 bits per heavy atom. The number of carbonyl (C=O) groups is 1. The average Bonchev–Trinajstić information content (AvgIpc) is 2.71. The van der Waals surface area contributed by atoms with E-state index >= 15 is 0 Å². The zero-order valence-electron chi connectivity index (χ0n) is 11.9. The smallest absolute Gasteiger partial charge is 0.177 e. The number of rotatable bonds is 5. The first-order valence-corrected chi connectivity index (χ1v) is 7.31. The summed E-state index contributed by atoms with van der Waals surface area (Å²) in [6.45, 7) is 4.69. The van der Waals surface area contributed by atoms with Crippen LogP contribution in [0.3, 0.4) is 0 Å². The van der Waals surface area contributed by atoms with Gasteiger partial charge in [-0.25, -0.2) is 4.39 Å². The van der Waals surface area contributed by atoms with E-state index in [0.29, 0.717) is 18.7 Å². The van der Waals surface area contributed by atoms with Crippen LogP contribution in [-0.2, 0) is 6.54 Å². The number of hydrogen-bond donors (Lipinski definition) is 0. The van der Waals surface area contributed by atoms with Gasteiger partial charge >= 0.3 is 0 Å². The fourth-order valence-electron chi connectivity index (χ4n) is 2.21. The molecule has 0 fully saturated rings. The van der Waals surface area contributed by atoms with E-state index in [9.17, 15) is 9.18 Å². The Labute approximate surface area is 122 Å². The molecule has 0 saturated heterocycles. The molecule has 4 heteroatoms. The minimum atomic E-state index is -0.227. The number of hydrogen-bond acceptors (Lipinski definition) is 3. The molecular weight excluding hydrogens is 273 g/mol. The van der Waals surface area contributed by atoms with Crippen LogP contribution in [0.5, 0.6) is 0 Å². The van der Waals surface area contributed by atoms with Gasteiger partial charge in [-0.15, -0.1) is 11.3 Å². The van der Waals surface area contributed by atoms with Crippen molar-refractivity contribution in [2.45, 2.75) is 20.4 Å². The molecule has 0 aliphatic carbocycles. The average molecular weight is 291 g/mol. The number of thiophene rings is 1. The maximum absolute atomic E-state index is 13.6. The lowest BCUT2D eigenvalue weighted by atomic mass is 10.1. The normalized spacial score (nSPS) is 11.1. The molecule has 0 aliphatic heterocycles. The summed E-state index contributed by atoms with van der Waals surface area (Å²) in [5, 5.41) is 0. The second-order valence-electron chi connectivity index (χ2n) is 5.01. The van der Waals surface area contributed by atoms with Gasteiger partial charge in [0.25, 0.3) is 0 Å². The van der Waals surface area contributed by atoms with Crippen LogP contribution in [0.2, 0.25) is 0 Å². The van der Waals surface area contributed by atoms with Crippen LogP contribution < -0.4 is 0 Å². The monoisotopic (exact) mass is 291 g/mol. The molecule has 0 unspecified atom stereocenters. The largest absolute Gasteiger partial charge is 0.294 e. The number of carbonyl (C=O) groups excluding carboxylic acids is 1. The van der Waals surface area contributed by atoms with Crippen molar-refractivity contribution in [2.24, 2.45) is 0 Å². The molecule has 1 aromatic heterocycles. The fraction of sp³-hybridized carbons (Fsp3) is 0.312. The van der Waals surface area contributed by atoms with Crippen molar-refractivity contribution in [3.63, 3.8) is 0 Å². The zero-order valence-corrected chi connectivity index (χ0v) is 12.8. The molecule has 2 nitrogen and oxygen atoms in total. The minimum absolute atomic E-state index is 0.0886. The first kappa shape index (κ1) is 14.9. The van der Waals surface area contributed by atoms with E-state index in [1.54, 1.807) is 29.5 Å². The lowest BCUT2D eigenvalue weighted by molar-refractivity contribution is 0.0942. The predicted octanol–water partition coefficient (Wildman–Crippen LogP) is 3.82. The molecule has 0 spiro atoms. The molecule has 0 amide bonds. The third-order valence-electron chi connectivity index (χ3n) is 3.15. The number of nitrogens with zero attached hydrogens (tertiary/aromatic N) is 1. The molecule has 0 N–H and O–H groups in total. The Balaban J connectivity index is 2.01. The number of aryl methyl sites for hydroxylation is 2. The SMILES string of the molecule is Cc1cc(C(=O)CN(C)Cc2ccccc2F)c(C)s1. The third-order valence-corrected chi connectivity index (χ3v) is 4.12. The highest BCUT2D eigenvalue weighted by Gasteiger charge is 2.15. The van der Waals surface area contributed by atoms with Crippen molar-refractivity contribution >= 4 is 17.1 Å².